The van der Waals surface area contributed by atoms with Crippen molar-refractivity contribution in [1.29, 1.82) is 0 Å². The zero-order valence-electron chi connectivity index (χ0n) is 21.8. The number of aryl methyl sites for hydroxylation is 1. The van der Waals surface area contributed by atoms with Crippen molar-refractivity contribution in [3.63, 3.8) is 0 Å². The van der Waals surface area contributed by atoms with Crippen LogP contribution in [0.5, 0.6) is 0 Å². The minimum absolute atomic E-state index is 0.0187. The summed E-state index contributed by atoms with van der Waals surface area (Å²) < 4.78 is 62.5. The van der Waals surface area contributed by atoms with Crippen LogP contribution in [0.15, 0.2) is 53.8 Å². The molecule has 0 radical (unpaired) electrons. The molecule has 208 valence electrons. The first-order chi connectivity index (χ1) is 19.2. The van der Waals surface area contributed by atoms with Gasteiger partial charge in [-0.05, 0) is 62.6 Å². The van der Waals surface area contributed by atoms with Gasteiger partial charge >= 0.3 is 5.97 Å². The molecule has 3 fully saturated rings. The molecule has 3 saturated carbocycles. The van der Waals surface area contributed by atoms with Gasteiger partial charge in [-0.3, -0.25) is 4.79 Å². The quantitative estimate of drug-likeness (QED) is 0.333. The fourth-order valence-corrected chi connectivity index (χ4v) is 7.45. The summed E-state index contributed by atoms with van der Waals surface area (Å²) in [5.74, 6) is -2.04. The van der Waals surface area contributed by atoms with Crippen molar-refractivity contribution in [3.8, 4) is 11.4 Å². The standard InChI is InChI=1S/C28H27F2N5O4S/c1-15-3-9-19(10-4-15)40(37,38)35-14-21(20-11-18(29)12-32-27(20)35)25-31-13-22(30)26(34-25)33-24-17-7-5-16(6-8-17)23(24)28(36)39-2/h3-4,9-14,16-17,23-24H,5-8H2,1-2H3,(H,31,33,34)/t16?,17?,23?,24-/m0/s1. The number of halogens is 2. The normalized spacial score (nSPS) is 22.4. The van der Waals surface area contributed by atoms with Gasteiger partial charge in [0.05, 0.1) is 30.3 Å². The molecule has 7 rings (SSSR count). The largest absolute Gasteiger partial charge is 0.469 e. The van der Waals surface area contributed by atoms with Crippen molar-refractivity contribution < 1.29 is 26.7 Å². The molecule has 0 spiro atoms. The van der Waals surface area contributed by atoms with Crippen LogP contribution in [-0.4, -0.2) is 46.5 Å². The Morgan fingerprint density at radius 1 is 1.05 bits per heavy atom. The Labute approximate surface area is 229 Å². The number of rotatable bonds is 6. The molecule has 9 nitrogen and oxygen atoms in total. The predicted molar refractivity (Wildman–Crippen MR) is 143 cm³/mol. The van der Waals surface area contributed by atoms with E-state index >= 15 is 4.39 Å². The Kier molecular flexibility index (Phi) is 6.52. The summed E-state index contributed by atoms with van der Waals surface area (Å²) in [6.45, 7) is 1.84. The minimum atomic E-state index is -4.11. The zero-order chi connectivity index (χ0) is 28.2. The van der Waals surface area contributed by atoms with Gasteiger partial charge in [-0.25, -0.2) is 36.1 Å². The Morgan fingerprint density at radius 3 is 2.45 bits per heavy atom. The number of benzene rings is 1. The Hall–Kier alpha value is -3.93. The van der Waals surface area contributed by atoms with Gasteiger partial charge in [-0.2, -0.15) is 0 Å². The lowest BCUT2D eigenvalue weighted by molar-refractivity contribution is -0.152. The van der Waals surface area contributed by atoms with Crippen LogP contribution < -0.4 is 5.32 Å². The van der Waals surface area contributed by atoms with Gasteiger partial charge in [0.25, 0.3) is 10.0 Å². The van der Waals surface area contributed by atoms with Crippen molar-refractivity contribution in [3.05, 3.63) is 66.1 Å². The molecule has 2 atom stereocenters. The molecule has 3 heterocycles. The summed E-state index contributed by atoms with van der Waals surface area (Å²) in [7, 11) is -2.77. The fourth-order valence-electron chi connectivity index (χ4n) is 6.13. The maximum absolute atomic E-state index is 15.0. The first-order valence-corrected chi connectivity index (χ1v) is 14.5. The molecular formula is C28H27F2N5O4S. The summed E-state index contributed by atoms with van der Waals surface area (Å²) in [4.78, 5) is 25.2. The van der Waals surface area contributed by atoms with Crippen LogP contribution >= 0.6 is 0 Å². The van der Waals surface area contributed by atoms with Crippen LogP contribution in [0.4, 0.5) is 14.6 Å². The Balaban J connectivity index is 1.43. The van der Waals surface area contributed by atoms with E-state index in [2.05, 4.69) is 20.3 Å². The smallest absolute Gasteiger partial charge is 0.311 e. The van der Waals surface area contributed by atoms with E-state index in [-0.39, 0.29) is 57.0 Å². The van der Waals surface area contributed by atoms with E-state index in [1.165, 1.54) is 25.4 Å². The van der Waals surface area contributed by atoms with Crippen molar-refractivity contribution in [2.75, 3.05) is 12.4 Å². The lowest BCUT2D eigenvalue weighted by Gasteiger charge is -2.47. The highest BCUT2D eigenvalue weighted by molar-refractivity contribution is 7.90. The Morgan fingerprint density at radius 2 is 1.75 bits per heavy atom. The second kappa shape index (κ2) is 9.92. The van der Waals surface area contributed by atoms with Crippen LogP contribution in [0.3, 0.4) is 0 Å². The molecule has 4 aromatic rings. The van der Waals surface area contributed by atoms with Crippen LogP contribution in [0, 0.1) is 36.3 Å². The summed E-state index contributed by atoms with van der Waals surface area (Å²) in [5, 5.41) is 3.29. The number of methoxy groups -OCH3 is 1. The summed E-state index contributed by atoms with van der Waals surface area (Å²) in [5.41, 5.74) is 1.03. The van der Waals surface area contributed by atoms with E-state index in [1.54, 1.807) is 12.1 Å². The molecule has 0 saturated heterocycles. The molecule has 1 N–H and O–H groups in total. The average molecular weight is 568 g/mol. The maximum Gasteiger partial charge on any atom is 0.311 e. The lowest BCUT2D eigenvalue weighted by atomic mass is 9.61. The third kappa shape index (κ3) is 4.40. The first kappa shape index (κ1) is 26.3. The molecule has 12 heteroatoms. The van der Waals surface area contributed by atoms with Gasteiger partial charge in [0.15, 0.2) is 23.1 Å². The first-order valence-electron chi connectivity index (χ1n) is 13.0. The highest BCUT2D eigenvalue weighted by Gasteiger charge is 2.48. The van der Waals surface area contributed by atoms with Gasteiger partial charge in [0.1, 0.15) is 5.82 Å². The molecule has 0 amide bonds. The van der Waals surface area contributed by atoms with Crippen molar-refractivity contribution in [2.24, 2.45) is 17.8 Å². The van der Waals surface area contributed by atoms with Crippen LogP contribution in [0.2, 0.25) is 0 Å². The highest BCUT2D eigenvalue weighted by atomic mass is 32.2. The van der Waals surface area contributed by atoms with Crippen molar-refractivity contribution in [2.45, 2.75) is 43.5 Å². The second-order valence-electron chi connectivity index (χ2n) is 10.5. The number of hydrogen-bond acceptors (Lipinski definition) is 8. The van der Waals surface area contributed by atoms with Gasteiger partial charge in [-0.15, -0.1) is 0 Å². The van der Waals surface area contributed by atoms with E-state index in [1.807, 2.05) is 6.92 Å². The molecule has 40 heavy (non-hydrogen) atoms. The number of nitrogens with zero attached hydrogens (tertiary/aromatic N) is 4. The maximum atomic E-state index is 15.0. The number of ether oxygens (including phenoxy) is 1. The topological polar surface area (TPSA) is 116 Å². The van der Waals surface area contributed by atoms with Gasteiger partial charge in [-0.1, -0.05) is 17.7 Å². The second-order valence-corrected chi connectivity index (χ2v) is 12.3. The van der Waals surface area contributed by atoms with E-state index in [0.717, 1.165) is 53.7 Å². The van der Waals surface area contributed by atoms with Gasteiger partial charge < -0.3 is 10.1 Å². The highest BCUT2D eigenvalue weighted by Crippen LogP contribution is 2.47. The number of esters is 1. The number of aromatic nitrogens is 4. The summed E-state index contributed by atoms with van der Waals surface area (Å²) >= 11 is 0. The Bertz CT molecular complexity index is 1720. The zero-order valence-corrected chi connectivity index (χ0v) is 22.7. The third-order valence-electron chi connectivity index (χ3n) is 8.14. The van der Waals surface area contributed by atoms with Crippen molar-refractivity contribution >= 4 is 32.8 Å². The third-order valence-corrected chi connectivity index (χ3v) is 9.80. The van der Waals surface area contributed by atoms with Crippen LogP contribution in [0.1, 0.15) is 31.2 Å². The number of hydrogen-bond donors (Lipinski definition) is 1. The summed E-state index contributed by atoms with van der Waals surface area (Å²) in [6, 6.07) is 7.07. The molecular weight excluding hydrogens is 540 g/mol. The number of fused-ring (bicyclic) bond motifs is 4. The van der Waals surface area contributed by atoms with Gasteiger partial charge in [0, 0.05) is 23.2 Å². The molecule has 3 aromatic heterocycles. The molecule has 3 aliphatic rings. The van der Waals surface area contributed by atoms with Crippen LogP contribution in [0.25, 0.3) is 22.4 Å². The van der Waals surface area contributed by atoms with E-state index in [9.17, 15) is 17.6 Å². The minimum Gasteiger partial charge on any atom is -0.469 e. The number of pyridine rings is 1. The molecule has 3 aliphatic carbocycles. The number of carbonyl (C=O) groups is 1. The molecule has 1 unspecified atom stereocenters. The molecule has 0 aliphatic heterocycles. The predicted octanol–water partition coefficient (Wildman–Crippen LogP) is 4.71. The number of anilines is 1. The number of carbonyl (C=O) groups excluding carboxylic acids is 1. The summed E-state index contributed by atoms with van der Waals surface area (Å²) in [6.07, 6.45) is 6.81. The van der Waals surface area contributed by atoms with E-state index < -0.39 is 27.6 Å². The van der Waals surface area contributed by atoms with Crippen molar-refractivity contribution in [1.82, 2.24) is 18.9 Å². The SMILES string of the molecule is COC(=O)C1C2CCC(CC2)[C@@H]1Nc1nc(-c2cn(S(=O)(=O)c3ccc(C)cc3)c3ncc(F)cc23)ncc1F. The van der Waals surface area contributed by atoms with E-state index in [0.29, 0.717) is 0 Å². The van der Waals surface area contributed by atoms with Gasteiger partial charge in [0.2, 0.25) is 0 Å². The molecule has 1 aromatic carbocycles. The lowest BCUT2D eigenvalue weighted by Crippen LogP contribution is -2.52. The fraction of sp³-hybridized carbons (Fsp3) is 0.357. The molecule has 2 bridgehead atoms. The average Bonchev–Trinajstić information content (AvgIpc) is 3.34. The monoisotopic (exact) mass is 567 g/mol. The van der Waals surface area contributed by atoms with Crippen LogP contribution in [-0.2, 0) is 19.6 Å². The number of nitrogens with one attached hydrogen (secondary N) is 1. The van der Waals surface area contributed by atoms with E-state index in [4.69, 9.17) is 4.74 Å².